The van der Waals surface area contributed by atoms with Crippen LogP contribution in [0.15, 0.2) is 30.5 Å². The zero-order chi connectivity index (χ0) is 22.1. The molecule has 0 radical (unpaired) electrons. The molecule has 0 saturated heterocycles. The third-order valence-electron chi connectivity index (χ3n) is 4.11. The van der Waals surface area contributed by atoms with Crippen molar-refractivity contribution < 1.29 is 31.1 Å². The van der Waals surface area contributed by atoms with Crippen molar-refractivity contribution in [2.24, 2.45) is 0 Å². The van der Waals surface area contributed by atoms with Gasteiger partial charge in [-0.3, -0.25) is 9.52 Å². The molecule has 0 fully saturated rings. The summed E-state index contributed by atoms with van der Waals surface area (Å²) >= 11 is 0. The van der Waals surface area contributed by atoms with E-state index in [2.05, 4.69) is 9.97 Å². The minimum atomic E-state index is -4.00. The molecule has 0 saturated carbocycles. The second kappa shape index (κ2) is 8.27. The van der Waals surface area contributed by atoms with Crippen LogP contribution >= 0.6 is 0 Å². The summed E-state index contributed by atoms with van der Waals surface area (Å²) < 4.78 is 73.8. The van der Waals surface area contributed by atoms with Crippen molar-refractivity contribution in [1.82, 2.24) is 9.97 Å². The second-order valence-electron chi connectivity index (χ2n) is 6.27. The van der Waals surface area contributed by atoms with Gasteiger partial charge in [-0.05, 0) is 24.6 Å². The predicted octanol–water partition coefficient (Wildman–Crippen LogP) is 3.44. The van der Waals surface area contributed by atoms with Gasteiger partial charge in [0.25, 0.3) is 0 Å². The molecular weight excluding hydrogens is 423 g/mol. The Kier molecular flexibility index (Phi) is 5.92. The van der Waals surface area contributed by atoms with Gasteiger partial charge in [0.2, 0.25) is 15.9 Å². The Morgan fingerprint density at radius 1 is 1.13 bits per heavy atom. The van der Waals surface area contributed by atoms with Crippen LogP contribution in [0.3, 0.4) is 0 Å². The van der Waals surface area contributed by atoms with E-state index in [1.165, 1.54) is 31.5 Å². The molecule has 11 heteroatoms. The van der Waals surface area contributed by atoms with Crippen LogP contribution in [-0.2, 0) is 10.0 Å². The zero-order valence-corrected chi connectivity index (χ0v) is 16.7. The van der Waals surface area contributed by atoms with E-state index in [0.29, 0.717) is 11.6 Å². The number of fused-ring (bicyclic) bond motifs is 1. The molecule has 0 unspecified atom stereocenters. The van der Waals surface area contributed by atoms with E-state index in [0.717, 1.165) is 0 Å². The molecule has 7 nitrogen and oxygen atoms in total. The number of ether oxygens (including phenoxy) is 1. The normalized spacial score (nSPS) is 11.5. The van der Waals surface area contributed by atoms with Gasteiger partial charge in [0.1, 0.15) is 0 Å². The summed E-state index contributed by atoms with van der Waals surface area (Å²) in [6, 6.07) is 4.22. The van der Waals surface area contributed by atoms with E-state index < -0.39 is 44.5 Å². The predicted molar refractivity (Wildman–Crippen MR) is 104 cm³/mol. The number of carbonyl (C=O) groups excluding carboxylic acids is 1. The summed E-state index contributed by atoms with van der Waals surface area (Å²) in [5.41, 5.74) is -1.68. The van der Waals surface area contributed by atoms with Crippen LogP contribution in [0.25, 0.3) is 11.0 Å². The highest BCUT2D eigenvalue weighted by molar-refractivity contribution is 7.92. The maximum Gasteiger partial charge on any atom is 0.232 e. The molecule has 30 heavy (non-hydrogen) atoms. The lowest BCUT2D eigenvalue weighted by atomic mass is 10.0. The molecule has 0 aliphatic rings. The van der Waals surface area contributed by atoms with Gasteiger partial charge in [-0.25, -0.2) is 31.6 Å². The van der Waals surface area contributed by atoms with Gasteiger partial charge in [0, 0.05) is 11.6 Å². The van der Waals surface area contributed by atoms with Crippen molar-refractivity contribution in [3.8, 4) is 5.88 Å². The Hall–Kier alpha value is -3.21. The van der Waals surface area contributed by atoms with Gasteiger partial charge in [0.15, 0.2) is 23.2 Å². The summed E-state index contributed by atoms with van der Waals surface area (Å²) in [5, 5.41) is 0. The van der Waals surface area contributed by atoms with E-state index in [-0.39, 0.29) is 29.1 Å². The van der Waals surface area contributed by atoms with Gasteiger partial charge in [0.05, 0.1) is 41.3 Å². The number of nitrogens with zero attached hydrogens (tertiary/aromatic N) is 2. The summed E-state index contributed by atoms with van der Waals surface area (Å²) in [6.07, 6.45) is 1.57. The fourth-order valence-electron chi connectivity index (χ4n) is 2.74. The average molecular weight is 439 g/mol. The third-order valence-corrected chi connectivity index (χ3v) is 5.59. The highest BCUT2D eigenvalue weighted by atomic mass is 32.2. The molecule has 0 aliphatic heterocycles. The lowest BCUT2D eigenvalue weighted by Crippen LogP contribution is -2.19. The minimum absolute atomic E-state index is 0.155. The summed E-state index contributed by atoms with van der Waals surface area (Å²) in [4.78, 5) is 20.9. The van der Waals surface area contributed by atoms with Crippen LogP contribution in [0, 0.1) is 17.5 Å². The minimum Gasteiger partial charge on any atom is -0.480 e. The van der Waals surface area contributed by atoms with Crippen molar-refractivity contribution >= 4 is 32.5 Å². The van der Waals surface area contributed by atoms with E-state index in [1.54, 1.807) is 6.92 Å². The molecule has 0 spiro atoms. The largest absolute Gasteiger partial charge is 0.480 e. The molecule has 158 valence electrons. The van der Waals surface area contributed by atoms with Gasteiger partial charge < -0.3 is 4.74 Å². The molecule has 1 heterocycles. The highest BCUT2D eigenvalue weighted by Gasteiger charge is 2.27. The van der Waals surface area contributed by atoms with E-state index in [9.17, 15) is 26.4 Å². The van der Waals surface area contributed by atoms with Gasteiger partial charge in [-0.1, -0.05) is 6.92 Å². The first kappa shape index (κ1) is 21.5. The summed E-state index contributed by atoms with van der Waals surface area (Å²) in [7, 11) is -2.64. The number of carbonyl (C=O) groups is 1. The lowest BCUT2D eigenvalue weighted by molar-refractivity contribution is 0.103. The Labute approximate surface area is 170 Å². The summed E-state index contributed by atoms with van der Waals surface area (Å²) in [6.45, 7) is 1.58. The molecule has 0 amide bonds. The standard InChI is InChI=1S/C19H16F3N3O4S/c1-3-6-30(27,28)25-14-8-11(20)17(21)16(18(14)22)19(26)10-4-5-12-13(7-10)24-15(29-2)9-23-12/h4-5,7-9,25H,3,6H2,1-2H3. The van der Waals surface area contributed by atoms with Gasteiger partial charge in [-0.2, -0.15) is 0 Å². The summed E-state index contributed by atoms with van der Waals surface area (Å²) in [5.74, 6) is -6.21. The van der Waals surface area contributed by atoms with Crippen molar-refractivity contribution in [2.45, 2.75) is 13.3 Å². The number of anilines is 1. The van der Waals surface area contributed by atoms with Crippen molar-refractivity contribution in [3.63, 3.8) is 0 Å². The molecular formula is C19H16F3N3O4S. The number of ketones is 1. The van der Waals surface area contributed by atoms with Gasteiger partial charge in [-0.15, -0.1) is 0 Å². The Morgan fingerprint density at radius 2 is 1.87 bits per heavy atom. The number of hydrogen-bond acceptors (Lipinski definition) is 6. The fraction of sp³-hybridized carbons (Fsp3) is 0.211. The number of halogens is 3. The van der Waals surface area contributed by atoms with Crippen molar-refractivity contribution in [3.05, 3.63) is 59.0 Å². The van der Waals surface area contributed by atoms with Crippen LogP contribution < -0.4 is 9.46 Å². The van der Waals surface area contributed by atoms with Crippen LogP contribution in [0.5, 0.6) is 5.88 Å². The molecule has 0 bridgehead atoms. The molecule has 2 aromatic carbocycles. The van der Waals surface area contributed by atoms with E-state index in [4.69, 9.17) is 4.74 Å². The molecule has 3 aromatic rings. The number of sulfonamides is 1. The number of benzene rings is 2. The first-order valence-corrected chi connectivity index (χ1v) is 10.4. The molecule has 1 N–H and O–H groups in total. The lowest BCUT2D eigenvalue weighted by Gasteiger charge is -2.12. The molecule has 3 rings (SSSR count). The van der Waals surface area contributed by atoms with Crippen molar-refractivity contribution in [1.29, 1.82) is 0 Å². The topological polar surface area (TPSA) is 98.2 Å². The molecule has 0 atom stereocenters. The van der Waals surface area contributed by atoms with Crippen LogP contribution in [0.1, 0.15) is 29.3 Å². The Morgan fingerprint density at radius 3 is 2.53 bits per heavy atom. The number of methoxy groups -OCH3 is 1. The van der Waals surface area contributed by atoms with E-state index in [1.807, 2.05) is 4.72 Å². The second-order valence-corrected chi connectivity index (χ2v) is 8.12. The Bertz CT molecular complexity index is 1250. The Balaban J connectivity index is 2.10. The third kappa shape index (κ3) is 4.20. The SMILES string of the molecule is CCCS(=O)(=O)Nc1cc(F)c(F)c(C(=O)c2ccc3ncc(OC)nc3c2)c1F. The van der Waals surface area contributed by atoms with E-state index >= 15 is 0 Å². The maximum atomic E-state index is 14.9. The fourth-order valence-corrected chi connectivity index (χ4v) is 3.87. The average Bonchev–Trinajstić information content (AvgIpc) is 2.70. The first-order valence-electron chi connectivity index (χ1n) is 8.70. The van der Waals surface area contributed by atoms with Crippen LogP contribution in [-0.4, -0.2) is 37.0 Å². The number of hydrogen-bond donors (Lipinski definition) is 1. The monoisotopic (exact) mass is 439 g/mol. The molecule has 0 aliphatic carbocycles. The smallest absolute Gasteiger partial charge is 0.232 e. The number of aromatic nitrogens is 2. The number of rotatable bonds is 7. The van der Waals surface area contributed by atoms with Crippen molar-refractivity contribution in [2.75, 3.05) is 17.6 Å². The van der Waals surface area contributed by atoms with Crippen LogP contribution in [0.2, 0.25) is 0 Å². The first-order chi connectivity index (χ1) is 14.2. The van der Waals surface area contributed by atoms with Crippen LogP contribution in [0.4, 0.5) is 18.9 Å². The zero-order valence-electron chi connectivity index (χ0n) is 15.9. The highest BCUT2D eigenvalue weighted by Crippen LogP contribution is 2.28. The number of nitrogens with one attached hydrogen (secondary N) is 1. The molecule has 1 aromatic heterocycles. The maximum absolute atomic E-state index is 14.9. The van der Waals surface area contributed by atoms with Gasteiger partial charge >= 0.3 is 0 Å². The quantitative estimate of drug-likeness (QED) is 0.447.